The van der Waals surface area contributed by atoms with Crippen LogP contribution in [0.15, 0.2) is 18.2 Å². The van der Waals surface area contributed by atoms with Gasteiger partial charge in [0.05, 0.1) is 12.3 Å². The maximum absolute atomic E-state index is 12.0. The zero-order valence-electron chi connectivity index (χ0n) is 11.3. The molecule has 1 aromatic rings. The maximum atomic E-state index is 12.0. The van der Waals surface area contributed by atoms with E-state index < -0.39 is 12.0 Å². The van der Waals surface area contributed by atoms with Crippen LogP contribution in [0.3, 0.4) is 0 Å². The van der Waals surface area contributed by atoms with E-state index >= 15 is 0 Å². The van der Waals surface area contributed by atoms with Gasteiger partial charge in [-0.3, -0.25) is 9.69 Å². The molecule has 5 nitrogen and oxygen atoms in total. The molecule has 2 rings (SSSR count). The van der Waals surface area contributed by atoms with Crippen LogP contribution < -0.4 is 9.64 Å². The van der Waals surface area contributed by atoms with Crippen LogP contribution in [0.4, 0.5) is 5.69 Å². The van der Waals surface area contributed by atoms with E-state index in [1.54, 1.807) is 19.9 Å². The Morgan fingerprint density at radius 2 is 2.26 bits per heavy atom. The molecule has 0 aromatic heterocycles. The summed E-state index contributed by atoms with van der Waals surface area (Å²) in [5.41, 5.74) is 1.65. The Balaban J connectivity index is 2.35. The van der Waals surface area contributed by atoms with Crippen molar-refractivity contribution in [3.05, 3.63) is 23.8 Å². The van der Waals surface area contributed by atoms with Crippen molar-refractivity contribution in [2.75, 3.05) is 18.1 Å². The molecular weight excluding hydrogens is 246 g/mol. The molecule has 0 N–H and O–H groups in total. The van der Waals surface area contributed by atoms with Crippen molar-refractivity contribution in [2.24, 2.45) is 0 Å². The molecule has 0 aliphatic carbocycles. The Bertz CT molecular complexity index is 512. The second-order valence-corrected chi connectivity index (χ2v) is 4.45. The first-order chi connectivity index (χ1) is 9.04. The molecule has 1 atom stereocenters. The Morgan fingerprint density at radius 1 is 1.53 bits per heavy atom. The average molecular weight is 263 g/mol. The van der Waals surface area contributed by atoms with E-state index in [9.17, 15) is 9.59 Å². The standard InChI is InChI=1S/C14H17NO4/c1-4-18-14(17)10(3)15-11-6-5-9(2)7-12(11)19-8-13(15)16/h5-7,10H,4,8H2,1-3H3/t10-/m0/s1. The van der Waals surface area contributed by atoms with Crippen molar-refractivity contribution in [3.63, 3.8) is 0 Å². The first-order valence-corrected chi connectivity index (χ1v) is 6.26. The lowest BCUT2D eigenvalue weighted by Crippen LogP contribution is -2.48. The fourth-order valence-electron chi connectivity index (χ4n) is 2.07. The van der Waals surface area contributed by atoms with E-state index in [1.807, 2.05) is 19.1 Å². The van der Waals surface area contributed by atoms with E-state index in [1.165, 1.54) is 4.90 Å². The third-order valence-electron chi connectivity index (χ3n) is 3.01. The lowest BCUT2D eigenvalue weighted by Gasteiger charge is -2.32. The number of anilines is 1. The molecule has 102 valence electrons. The number of ether oxygens (including phenoxy) is 2. The fraction of sp³-hybridized carbons (Fsp3) is 0.429. The second-order valence-electron chi connectivity index (χ2n) is 4.45. The Hall–Kier alpha value is -2.04. The molecule has 1 heterocycles. The average Bonchev–Trinajstić information content (AvgIpc) is 2.38. The second kappa shape index (κ2) is 5.30. The fourth-order valence-corrected chi connectivity index (χ4v) is 2.07. The van der Waals surface area contributed by atoms with Crippen molar-refractivity contribution < 1.29 is 19.1 Å². The number of carbonyl (C=O) groups excluding carboxylic acids is 2. The van der Waals surface area contributed by atoms with Crippen LogP contribution in [0.2, 0.25) is 0 Å². The highest BCUT2D eigenvalue weighted by atomic mass is 16.5. The van der Waals surface area contributed by atoms with Crippen LogP contribution >= 0.6 is 0 Å². The maximum Gasteiger partial charge on any atom is 0.328 e. The van der Waals surface area contributed by atoms with Gasteiger partial charge >= 0.3 is 5.97 Å². The molecule has 0 saturated heterocycles. The summed E-state index contributed by atoms with van der Waals surface area (Å²) < 4.78 is 10.4. The Morgan fingerprint density at radius 3 is 2.95 bits per heavy atom. The monoisotopic (exact) mass is 263 g/mol. The van der Waals surface area contributed by atoms with Crippen LogP contribution in [0.5, 0.6) is 5.75 Å². The van der Waals surface area contributed by atoms with Crippen LogP contribution in [-0.4, -0.2) is 31.1 Å². The van der Waals surface area contributed by atoms with Gasteiger partial charge in [-0.15, -0.1) is 0 Å². The summed E-state index contributed by atoms with van der Waals surface area (Å²) in [5.74, 6) is -0.0306. The van der Waals surface area contributed by atoms with Crippen LogP contribution in [0.1, 0.15) is 19.4 Å². The molecule has 19 heavy (non-hydrogen) atoms. The minimum absolute atomic E-state index is 0.0554. The number of hydrogen-bond acceptors (Lipinski definition) is 4. The molecule has 1 amide bonds. The summed E-state index contributed by atoms with van der Waals surface area (Å²) in [6.07, 6.45) is 0. The van der Waals surface area contributed by atoms with E-state index in [0.717, 1.165) is 5.56 Å². The molecule has 0 radical (unpaired) electrons. The number of amides is 1. The summed E-state index contributed by atoms with van der Waals surface area (Å²) in [6.45, 7) is 5.58. The molecule has 1 aliphatic rings. The molecule has 0 spiro atoms. The molecule has 5 heteroatoms. The van der Waals surface area contributed by atoms with E-state index in [4.69, 9.17) is 9.47 Å². The lowest BCUT2D eigenvalue weighted by atomic mass is 10.1. The van der Waals surface area contributed by atoms with Gasteiger partial charge in [-0.2, -0.15) is 0 Å². The van der Waals surface area contributed by atoms with Gasteiger partial charge in [-0.1, -0.05) is 6.07 Å². The number of esters is 1. The number of hydrogen-bond donors (Lipinski definition) is 0. The SMILES string of the molecule is CCOC(=O)[C@H](C)N1C(=O)COc2cc(C)ccc21. The molecule has 1 aliphatic heterocycles. The normalized spacial score (nSPS) is 15.5. The summed E-state index contributed by atoms with van der Waals surface area (Å²) in [7, 11) is 0. The Kier molecular flexibility index (Phi) is 3.74. The number of aryl methyl sites for hydroxylation is 1. The summed E-state index contributed by atoms with van der Waals surface area (Å²) in [4.78, 5) is 25.2. The van der Waals surface area contributed by atoms with Gasteiger partial charge in [0.2, 0.25) is 0 Å². The summed E-state index contributed by atoms with van der Waals surface area (Å²) >= 11 is 0. The molecule has 0 fully saturated rings. The van der Waals surface area contributed by atoms with Crippen molar-refractivity contribution in [2.45, 2.75) is 26.8 Å². The zero-order chi connectivity index (χ0) is 14.0. The number of fused-ring (bicyclic) bond motifs is 1. The van der Waals surface area contributed by atoms with Crippen molar-refractivity contribution in [3.8, 4) is 5.75 Å². The topological polar surface area (TPSA) is 55.8 Å². The third kappa shape index (κ3) is 2.54. The minimum atomic E-state index is -0.655. The van der Waals surface area contributed by atoms with E-state index in [0.29, 0.717) is 18.0 Å². The van der Waals surface area contributed by atoms with Crippen molar-refractivity contribution >= 4 is 17.6 Å². The van der Waals surface area contributed by atoms with Gasteiger partial charge in [-0.05, 0) is 38.5 Å². The quantitative estimate of drug-likeness (QED) is 0.778. The van der Waals surface area contributed by atoms with Gasteiger partial charge in [-0.25, -0.2) is 4.79 Å². The molecule has 1 aromatic carbocycles. The van der Waals surface area contributed by atoms with Crippen molar-refractivity contribution in [1.82, 2.24) is 0 Å². The number of rotatable bonds is 3. The van der Waals surface area contributed by atoms with Gasteiger partial charge in [0.15, 0.2) is 6.61 Å². The first-order valence-electron chi connectivity index (χ1n) is 6.26. The smallest absolute Gasteiger partial charge is 0.328 e. The van der Waals surface area contributed by atoms with Gasteiger partial charge in [0, 0.05) is 0 Å². The van der Waals surface area contributed by atoms with Crippen LogP contribution in [-0.2, 0) is 14.3 Å². The zero-order valence-corrected chi connectivity index (χ0v) is 11.3. The predicted molar refractivity (Wildman–Crippen MR) is 70.3 cm³/mol. The third-order valence-corrected chi connectivity index (χ3v) is 3.01. The largest absolute Gasteiger partial charge is 0.482 e. The lowest BCUT2D eigenvalue weighted by molar-refractivity contribution is -0.145. The number of nitrogens with zero attached hydrogens (tertiary/aromatic N) is 1. The summed E-state index contributed by atoms with van der Waals surface area (Å²) in [5, 5.41) is 0. The number of carbonyl (C=O) groups is 2. The highest BCUT2D eigenvalue weighted by Crippen LogP contribution is 2.34. The Labute approximate surface area is 112 Å². The van der Waals surface area contributed by atoms with E-state index in [-0.39, 0.29) is 12.5 Å². The molecular formula is C14H17NO4. The molecule has 0 saturated carbocycles. The predicted octanol–water partition coefficient (Wildman–Crippen LogP) is 1.67. The van der Waals surface area contributed by atoms with Gasteiger partial charge in [0.25, 0.3) is 5.91 Å². The number of benzene rings is 1. The molecule has 0 bridgehead atoms. The highest BCUT2D eigenvalue weighted by molar-refractivity contribution is 6.02. The van der Waals surface area contributed by atoms with Crippen LogP contribution in [0.25, 0.3) is 0 Å². The molecule has 0 unspecified atom stereocenters. The van der Waals surface area contributed by atoms with Crippen molar-refractivity contribution in [1.29, 1.82) is 0 Å². The minimum Gasteiger partial charge on any atom is -0.482 e. The first kappa shape index (κ1) is 13.4. The van der Waals surface area contributed by atoms with Gasteiger partial charge < -0.3 is 9.47 Å². The van der Waals surface area contributed by atoms with Crippen LogP contribution in [0, 0.1) is 6.92 Å². The highest BCUT2D eigenvalue weighted by Gasteiger charge is 2.33. The van der Waals surface area contributed by atoms with E-state index in [2.05, 4.69) is 0 Å². The summed E-state index contributed by atoms with van der Waals surface area (Å²) in [6, 6.07) is 4.87. The van der Waals surface area contributed by atoms with Gasteiger partial charge in [0.1, 0.15) is 11.8 Å².